The predicted molar refractivity (Wildman–Crippen MR) is 63.8 cm³/mol. The molecule has 0 saturated heterocycles. The largest absolute Gasteiger partial charge is 0.462 e. The number of carbonyl (C=O) groups excluding carboxylic acids is 1. The lowest BCUT2D eigenvalue weighted by molar-refractivity contribution is -0.138. The van der Waals surface area contributed by atoms with Crippen molar-refractivity contribution in [1.29, 1.82) is 0 Å². The molecule has 0 aliphatic rings. The van der Waals surface area contributed by atoms with E-state index in [1.165, 1.54) is 23.9 Å². The molecule has 1 rings (SSSR count). The first-order valence-electron chi connectivity index (χ1n) is 5.41. The van der Waals surface area contributed by atoms with Gasteiger partial charge in [-0.25, -0.2) is 4.79 Å². The second-order valence-corrected chi connectivity index (χ2v) is 4.70. The third-order valence-electron chi connectivity index (χ3n) is 2.10. The molecule has 0 amide bonds. The van der Waals surface area contributed by atoms with Crippen LogP contribution in [0.15, 0.2) is 23.1 Å². The van der Waals surface area contributed by atoms with Gasteiger partial charge in [-0.2, -0.15) is 13.2 Å². The Morgan fingerprint density at radius 2 is 2.00 bits per heavy atom. The first kappa shape index (κ1) is 14.9. The van der Waals surface area contributed by atoms with Gasteiger partial charge in [0.1, 0.15) is 0 Å². The Bertz CT molecular complexity index is 430. The lowest BCUT2D eigenvalue weighted by Crippen LogP contribution is -2.15. The Hall–Kier alpha value is -1.17. The number of thioether (sulfide) groups is 1. The quantitative estimate of drug-likeness (QED) is 0.615. The zero-order valence-electron chi connectivity index (χ0n) is 10.0. The fourth-order valence-electron chi connectivity index (χ4n) is 1.40. The molecule has 0 aromatic heterocycles. The van der Waals surface area contributed by atoms with Gasteiger partial charge in [-0.3, -0.25) is 0 Å². The summed E-state index contributed by atoms with van der Waals surface area (Å²) in [5.41, 5.74) is -1.38. The molecule has 0 heterocycles. The standard InChI is InChI=1S/C12H13F3O2S/c1-3-17-11(16)9-6-5-8(18-4-2)7-10(9)12(13,14)15/h5-7H,3-4H2,1-2H3. The molecule has 100 valence electrons. The molecule has 6 heteroatoms. The van der Waals surface area contributed by atoms with Crippen LogP contribution in [0.4, 0.5) is 13.2 Å². The molecule has 1 aromatic carbocycles. The predicted octanol–water partition coefficient (Wildman–Crippen LogP) is 3.99. The van der Waals surface area contributed by atoms with Gasteiger partial charge in [0.25, 0.3) is 0 Å². The SMILES string of the molecule is CCOC(=O)c1ccc(SCC)cc1C(F)(F)F. The van der Waals surface area contributed by atoms with Gasteiger partial charge in [-0.1, -0.05) is 6.92 Å². The Morgan fingerprint density at radius 3 is 2.50 bits per heavy atom. The lowest BCUT2D eigenvalue weighted by Gasteiger charge is -2.13. The zero-order valence-corrected chi connectivity index (χ0v) is 10.8. The number of hydrogen-bond donors (Lipinski definition) is 0. The minimum Gasteiger partial charge on any atom is -0.462 e. The van der Waals surface area contributed by atoms with Gasteiger partial charge in [0.15, 0.2) is 0 Å². The molecule has 0 spiro atoms. The molecule has 2 nitrogen and oxygen atoms in total. The maximum Gasteiger partial charge on any atom is 0.417 e. The smallest absolute Gasteiger partial charge is 0.417 e. The Labute approximate surface area is 108 Å². The minimum atomic E-state index is -4.56. The van der Waals surface area contributed by atoms with E-state index in [-0.39, 0.29) is 6.61 Å². The molecule has 0 aliphatic heterocycles. The third-order valence-corrected chi connectivity index (χ3v) is 2.98. The monoisotopic (exact) mass is 278 g/mol. The summed E-state index contributed by atoms with van der Waals surface area (Å²) >= 11 is 1.29. The van der Waals surface area contributed by atoms with E-state index in [1.807, 2.05) is 6.92 Å². The highest BCUT2D eigenvalue weighted by Crippen LogP contribution is 2.35. The average Bonchev–Trinajstić information content (AvgIpc) is 2.28. The van der Waals surface area contributed by atoms with E-state index < -0.39 is 23.3 Å². The zero-order chi connectivity index (χ0) is 13.8. The maximum absolute atomic E-state index is 12.9. The maximum atomic E-state index is 12.9. The third kappa shape index (κ3) is 3.66. The van der Waals surface area contributed by atoms with E-state index in [2.05, 4.69) is 4.74 Å². The number of carbonyl (C=O) groups is 1. The normalized spacial score (nSPS) is 11.4. The molecule has 0 N–H and O–H groups in total. The second-order valence-electron chi connectivity index (χ2n) is 3.36. The molecular weight excluding hydrogens is 265 g/mol. The number of hydrogen-bond acceptors (Lipinski definition) is 3. The summed E-state index contributed by atoms with van der Waals surface area (Å²) in [6.07, 6.45) is -4.56. The lowest BCUT2D eigenvalue weighted by atomic mass is 10.1. The minimum absolute atomic E-state index is 0.0432. The molecule has 0 fully saturated rings. The van der Waals surface area contributed by atoms with E-state index in [1.54, 1.807) is 6.92 Å². The highest BCUT2D eigenvalue weighted by Gasteiger charge is 2.35. The van der Waals surface area contributed by atoms with Crippen molar-refractivity contribution in [3.63, 3.8) is 0 Å². The number of rotatable bonds is 4. The van der Waals surface area contributed by atoms with Crippen molar-refractivity contribution in [3.05, 3.63) is 29.3 Å². The molecule has 0 saturated carbocycles. The Balaban J connectivity index is 3.21. The summed E-state index contributed by atoms with van der Waals surface area (Å²) < 4.78 is 43.2. The second kappa shape index (κ2) is 6.13. The first-order chi connectivity index (χ1) is 8.40. The van der Waals surface area contributed by atoms with Crippen LogP contribution in [0.5, 0.6) is 0 Å². The summed E-state index contributed by atoms with van der Waals surface area (Å²) in [7, 11) is 0. The fraction of sp³-hybridized carbons (Fsp3) is 0.417. The molecule has 0 unspecified atom stereocenters. The van der Waals surface area contributed by atoms with Crippen molar-refractivity contribution in [1.82, 2.24) is 0 Å². The van der Waals surface area contributed by atoms with E-state index in [4.69, 9.17) is 0 Å². The molecule has 0 radical (unpaired) electrons. The van der Waals surface area contributed by atoms with Crippen molar-refractivity contribution >= 4 is 17.7 Å². The Morgan fingerprint density at radius 1 is 1.33 bits per heavy atom. The van der Waals surface area contributed by atoms with Crippen LogP contribution in [0.2, 0.25) is 0 Å². The van der Waals surface area contributed by atoms with Crippen LogP contribution in [-0.2, 0) is 10.9 Å². The van der Waals surface area contributed by atoms with Gasteiger partial charge in [0.2, 0.25) is 0 Å². The van der Waals surface area contributed by atoms with Crippen molar-refractivity contribution < 1.29 is 22.7 Å². The van der Waals surface area contributed by atoms with Crippen LogP contribution < -0.4 is 0 Å². The van der Waals surface area contributed by atoms with Crippen molar-refractivity contribution in [3.8, 4) is 0 Å². The topological polar surface area (TPSA) is 26.3 Å². The van der Waals surface area contributed by atoms with Crippen molar-refractivity contribution in [2.45, 2.75) is 24.9 Å². The first-order valence-corrected chi connectivity index (χ1v) is 6.39. The van der Waals surface area contributed by atoms with Crippen LogP contribution in [0, 0.1) is 0 Å². The van der Waals surface area contributed by atoms with Gasteiger partial charge in [-0.05, 0) is 30.9 Å². The number of alkyl halides is 3. The number of esters is 1. The molecule has 0 aliphatic carbocycles. The van der Waals surface area contributed by atoms with Gasteiger partial charge in [-0.15, -0.1) is 11.8 Å². The van der Waals surface area contributed by atoms with E-state index in [0.29, 0.717) is 10.6 Å². The highest BCUT2D eigenvalue weighted by atomic mass is 32.2. The summed E-state index contributed by atoms with van der Waals surface area (Å²) in [6.45, 7) is 3.44. The van der Waals surface area contributed by atoms with Gasteiger partial charge in [0.05, 0.1) is 17.7 Å². The van der Waals surface area contributed by atoms with E-state index >= 15 is 0 Å². The molecular formula is C12H13F3O2S. The van der Waals surface area contributed by atoms with Crippen LogP contribution in [0.25, 0.3) is 0 Å². The van der Waals surface area contributed by atoms with E-state index in [0.717, 1.165) is 6.07 Å². The van der Waals surface area contributed by atoms with Gasteiger partial charge in [0, 0.05) is 4.90 Å². The van der Waals surface area contributed by atoms with Gasteiger partial charge >= 0.3 is 12.1 Å². The molecule has 1 aromatic rings. The molecule has 0 bridgehead atoms. The summed E-state index contributed by atoms with van der Waals surface area (Å²) in [4.78, 5) is 11.9. The van der Waals surface area contributed by atoms with Crippen LogP contribution in [0.1, 0.15) is 29.8 Å². The number of benzene rings is 1. The summed E-state index contributed by atoms with van der Waals surface area (Å²) in [5, 5.41) is 0. The highest BCUT2D eigenvalue weighted by molar-refractivity contribution is 7.99. The Kier molecular flexibility index (Phi) is 5.07. The molecule has 18 heavy (non-hydrogen) atoms. The van der Waals surface area contributed by atoms with Crippen LogP contribution >= 0.6 is 11.8 Å². The molecule has 0 atom stereocenters. The average molecular weight is 278 g/mol. The van der Waals surface area contributed by atoms with E-state index in [9.17, 15) is 18.0 Å². The number of halogens is 3. The summed E-state index contributed by atoms with van der Waals surface area (Å²) in [6, 6.07) is 3.65. The van der Waals surface area contributed by atoms with Gasteiger partial charge < -0.3 is 4.74 Å². The van der Waals surface area contributed by atoms with Crippen LogP contribution in [-0.4, -0.2) is 18.3 Å². The summed E-state index contributed by atoms with van der Waals surface area (Å²) in [5.74, 6) is -0.284. The number of ether oxygens (including phenoxy) is 1. The van der Waals surface area contributed by atoms with Crippen LogP contribution in [0.3, 0.4) is 0 Å². The fourth-order valence-corrected chi connectivity index (χ4v) is 2.10. The van der Waals surface area contributed by atoms with Crippen molar-refractivity contribution in [2.75, 3.05) is 12.4 Å². The van der Waals surface area contributed by atoms with Crippen molar-refractivity contribution in [2.24, 2.45) is 0 Å².